The minimum absolute atomic E-state index is 0.0691. The van der Waals surface area contributed by atoms with Gasteiger partial charge < -0.3 is 31.5 Å². The van der Waals surface area contributed by atoms with Crippen LogP contribution in [-0.4, -0.2) is 59.3 Å². The molecule has 1 fully saturated rings. The Labute approximate surface area is 124 Å². The summed E-state index contributed by atoms with van der Waals surface area (Å²) in [5, 5.41) is 29.6. The molecule has 10 nitrogen and oxygen atoms in total. The van der Waals surface area contributed by atoms with Crippen molar-refractivity contribution in [3.8, 4) is 12.3 Å². The van der Waals surface area contributed by atoms with Crippen LogP contribution in [0, 0.1) is 12.3 Å². The third kappa shape index (κ3) is 1.81. The zero-order chi connectivity index (χ0) is 16.1. The van der Waals surface area contributed by atoms with Gasteiger partial charge in [-0.2, -0.15) is 9.97 Å². The monoisotopic (exact) mass is 306 g/mol. The van der Waals surface area contributed by atoms with Gasteiger partial charge in [0.25, 0.3) is 0 Å². The third-order valence-corrected chi connectivity index (χ3v) is 3.64. The molecule has 0 saturated carbocycles. The Bertz CT molecular complexity index is 771. The summed E-state index contributed by atoms with van der Waals surface area (Å²) in [7, 11) is 0. The summed E-state index contributed by atoms with van der Waals surface area (Å²) in [5.74, 6) is 2.16. The van der Waals surface area contributed by atoms with Gasteiger partial charge >= 0.3 is 0 Å². The van der Waals surface area contributed by atoms with E-state index in [0.717, 1.165) is 0 Å². The van der Waals surface area contributed by atoms with Gasteiger partial charge in [0.1, 0.15) is 17.7 Å². The highest BCUT2D eigenvalue weighted by Crippen LogP contribution is 2.38. The molecule has 0 aromatic carbocycles. The lowest BCUT2D eigenvalue weighted by atomic mass is 9.97. The first-order chi connectivity index (χ1) is 10.4. The van der Waals surface area contributed by atoms with Crippen LogP contribution in [0.15, 0.2) is 6.33 Å². The minimum Gasteiger partial charge on any atom is -0.392 e. The van der Waals surface area contributed by atoms with Crippen molar-refractivity contribution in [2.45, 2.75) is 24.0 Å². The van der Waals surface area contributed by atoms with Crippen molar-refractivity contribution >= 4 is 22.9 Å². The molecule has 4 atom stereocenters. The number of imidazole rings is 1. The highest BCUT2D eigenvalue weighted by molar-refractivity contribution is 5.82. The molecule has 2 aromatic heterocycles. The van der Waals surface area contributed by atoms with E-state index in [9.17, 15) is 15.3 Å². The maximum atomic E-state index is 10.2. The first kappa shape index (κ1) is 14.5. The fourth-order valence-electron chi connectivity index (χ4n) is 2.45. The first-order valence-corrected chi connectivity index (χ1v) is 6.31. The molecule has 3 rings (SSSR count). The number of ether oxygens (including phenoxy) is 1. The lowest BCUT2D eigenvalue weighted by Gasteiger charge is -2.23. The number of aliphatic hydroxyl groups is 3. The van der Waals surface area contributed by atoms with Gasteiger partial charge in [0.15, 0.2) is 23.3 Å². The van der Waals surface area contributed by atoms with Crippen molar-refractivity contribution in [2.24, 2.45) is 0 Å². The predicted octanol–water partition coefficient (Wildman–Crippen LogP) is -2.39. The predicted molar refractivity (Wildman–Crippen MR) is 74.9 cm³/mol. The second-order valence-electron chi connectivity index (χ2n) is 4.93. The van der Waals surface area contributed by atoms with Gasteiger partial charge in [0.2, 0.25) is 5.95 Å². The molecule has 0 bridgehead atoms. The van der Waals surface area contributed by atoms with Gasteiger partial charge in [-0.25, -0.2) is 4.98 Å². The highest BCUT2D eigenvalue weighted by Gasteiger charge is 2.54. The van der Waals surface area contributed by atoms with Crippen LogP contribution in [0.3, 0.4) is 0 Å². The van der Waals surface area contributed by atoms with Crippen molar-refractivity contribution in [3.63, 3.8) is 0 Å². The molecule has 0 aliphatic carbocycles. The average molecular weight is 306 g/mol. The molecule has 116 valence electrons. The van der Waals surface area contributed by atoms with Crippen molar-refractivity contribution in [2.75, 3.05) is 18.1 Å². The van der Waals surface area contributed by atoms with Crippen LogP contribution in [0.1, 0.15) is 6.23 Å². The van der Waals surface area contributed by atoms with Crippen LogP contribution >= 0.6 is 0 Å². The van der Waals surface area contributed by atoms with Crippen LogP contribution < -0.4 is 11.5 Å². The Kier molecular flexibility index (Phi) is 3.15. The Balaban J connectivity index is 2.11. The molecule has 1 aliphatic heterocycles. The van der Waals surface area contributed by atoms with E-state index < -0.39 is 30.6 Å². The molecule has 2 aromatic rings. The second kappa shape index (κ2) is 4.79. The topological polar surface area (TPSA) is 166 Å². The van der Waals surface area contributed by atoms with Crippen LogP contribution in [0.25, 0.3) is 11.2 Å². The standard InChI is InChI=1S/C12H14N6O4/c1-2-12(3-19)7(21)6(20)10(22-12)18-4-15-5-8(13)16-11(14)17-9(5)18/h1,4,6-7,10,19-21H,3H2,(H4,13,14,16,17)/t6-,7-,10+,12+/m0/s1. The fraction of sp³-hybridized carbons (Fsp3) is 0.417. The SMILES string of the molecule is C#C[C@]1(CO)O[C@@H](n2cnc3c(N)nc(N)nc32)[C@@H](O)[C@@H]1O. The Morgan fingerprint density at radius 2 is 2.14 bits per heavy atom. The van der Waals surface area contributed by atoms with Gasteiger partial charge in [0.05, 0.1) is 12.9 Å². The summed E-state index contributed by atoms with van der Waals surface area (Å²) in [5.41, 5.74) is 10.0. The zero-order valence-electron chi connectivity index (χ0n) is 11.3. The number of anilines is 2. The first-order valence-electron chi connectivity index (χ1n) is 6.31. The summed E-state index contributed by atoms with van der Waals surface area (Å²) < 4.78 is 6.82. The number of fused-ring (bicyclic) bond motifs is 1. The molecule has 3 heterocycles. The number of terminal acetylenes is 1. The quantitative estimate of drug-likeness (QED) is 0.380. The highest BCUT2D eigenvalue weighted by atomic mass is 16.6. The number of aliphatic hydroxyl groups excluding tert-OH is 3. The van der Waals surface area contributed by atoms with E-state index >= 15 is 0 Å². The van der Waals surface area contributed by atoms with E-state index in [1.165, 1.54) is 10.9 Å². The Morgan fingerprint density at radius 1 is 1.41 bits per heavy atom. The number of nitrogens with zero attached hydrogens (tertiary/aromatic N) is 4. The molecule has 22 heavy (non-hydrogen) atoms. The normalized spacial score (nSPS) is 31.5. The number of aromatic nitrogens is 4. The smallest absolute Gasteiger partial charge is 0.224 e. The molecule has 7 N–H and O–H groups in total. The fourth-order valence-corrected chi connectivity index (χ4v) is 2.45. The Hall–Kier alpha value is -2.45. The van der Waals surface area contributed by atoms with Gasteiger partial charge in [-0.05, 0) is 0 Å². The Morgan fingerprint density at radius 3 is 2.73 bits per heavy atom. The minimum atomic E-state index is -1.72. The molecule has 0 amide bonds. The lowest BCUT2D eigenvalue weighted by molar-refractivity contribution is -0.0910. The summed E-state index contributed by atoms with van der Waals surface area (Å²) in [6.07, 6.45) is 2.61. The van der Waals surface area contributed by atoms with E-state index in [0.29, 0.717) is 0 Å². The number of nitrogens with two attached hydrogens (primary N) is 2. The van der Waals surface area contributed by atoms with E-state index in [4.69, 9.17) is 22.6 Å². The van der Waals surface area contributed by atoms with E-state index in [2.05, 4.69) is 20.9 Å². The number of nitrogen functional groups attached to an aromatic ring is 2. The van der Waals surface area contributed by atoms with Crippen molar-refractivity contribution < 1.29 is 20.1 Å². The number of hydrogen-bond donors (Lipinski definition) is 5. The number of hydrogen-bond acceptors (Lipinski definition) is 9. The summed E-state index contributed by atoms with van der Waals surface area (Å²) in [6.45, 7) is -0.663. The summed E-state index contributed by atoms with van der Waals surface area (Å²) >= 11 is 0. The molecule has 1 aliphatic rings. The van der Waals surface area contributed by atoms with Gasteiger partial charge in [-0.1, -0.05) is 5.92 Å². The third-order valence-electron chi connectivity index (χ3n) is 3.64. The van der Waals surface area contributed by atoms with Gasteiger partial charge in [-0.3, -0.25) is 4.57 Å². The van der Waals surface area contributed by atoms with E-state index in [1.807, 2.05) is 0 Å². The van der Waals surface area contributed by atoms with E-state index in [1.54, 1.807) is 0 Å². The number of rotatable bonds is 2. The molecule has 0 unspecified atom stereocenters. The molecular weight excluding hydrogens is 292 g/mol. The van der Waals surface area contributed by atoms with E-state index in [-0.39, 0.29) is 22.9 Å². The molecular formula is C12H14N6O4. The maximum Gasteiger partial charge on any atom is 0.224 e. The zero-order valence-corrected chi connectivity index (χ0v) is 11.3. The van der Waals surface area contributed by atoms with Crippen molar-refractivity contribution in [1.29, 1.82) is 0 Å². The summed E-state index contributed by atoms with van der Waals surface area (Å²) in [4.78, 5) is 11.8. The lowest BCUT2D eigenvalue weighted by Crippen LogP contribution is -2.44. The second-order valence-corrected chi connectivity index (χ2v) is 4.93. The van der Waals surface area contributed by atoms with Crippen LogP contribution in [-0.2, 0) is 4.74 Å². The van der Waals surface area contributed by atoms with Crippen molar-refractivity contribution in [1.82, 2.24) is 19.5 Å². The van der Waals surface area contributed by atoms with Crippen LogP contribution in [0.4, 0.5) is 11.8 Å². The van der Waals surface area contributed by atoms with Gasteiger partial charge in [0, 0.05) is 0 Å². The molecule has 0 radical (unpaired) electrons. The average Bonchev–Trinajstić information content (AvgIpc) is 3.01. The maximum absolute atomic E-state index is 10.2. The van der Waals surface area contributed by atoms with Crippen LogP contribution in [0.2, 0.25) is 0 Å². The molecule has 10 heteroatoms. The van der Waals surface area contributed by atoms with Crippen molar-refractivity contribution in [3.05, 3.63) is 6.33 Å². The summed E-state index contributed by atoms with van der Waals surface area (Å²) in [6, 6.07) is 0. The van der Waals surface area contributed by atoms with Gasteiger partial charge in [-0.15, -0.1) is 6.42 Å². The van der Waals surface area contributed by atoms with Crippen LogP contribution in [0.5, 0.6) is 0 Å². The molecule has 0 spiro atoms. The largest absolute Gasteiger partial charge is 0.392 e. The molecule has 1 saturated heterocycles.